The van der Waals surface area contributed by atoms with E-state index in [2.05, 4.69) is 10.2 Å². The molecular weight excluding hydrogens is 274 g/mol. The minimum Gasteiger partial charge on any atom is -0.457 e. The monoisotopic (exact) mass is 287 g/mol. The molecule has 0 N–H and O–H groups in total. The first-order valence-corrected chi connectivity index (χ1v) is 7.03. The second-order valence-electron chi connectivity index (χ2n) is 4.90. The van der Waals surface area contributed by atoms with E-state index in [1.165, 1.54) is 0 Å². The first-order valence-electron chi connectivity index (χ1n) is 7.03. The number of nitrogens with zero attached hydrogens (tertiary/aromatic N) is 3. The molecule has 2 aromatic heterocycles. The molecule has 4 heteroatoms. The molecular formula is C18H13N3O. The van der Waals surface area contributed by atoms with Crippen molar-refractivity contribution in [2.75, 3.05) is 0 Å². The molecule has 4 rings (SSSR count). The van der Waals surface area contributed by atoms with E-state index in [0.717, 1.165) is 28.5 Å². The standard InChI is InChI=1S/C18H13N3O/c1-2-8-15(9-3-1)22-16-10-6-7-14(13-16)18-20-19-17-11-4-5-12-21(17)18/h1-13H. The van der Waals surface area contributed by atoms with Gasteiger partial charge in [0.2, 0.25) is 0 Å². The van der Waals surface area contributed by atoms with E-state index in [1.807, 2.05) is 83.4 Å². The third-order valence-electron chi connectivity index (χ3n) is 3.38. The van der Waals surface area contributed by atoms with E-state index < -0.39 is 0 Å². The van der Waals surface area contributed by atoms with Crippen LogP contribution in [0.5, 0.6) is 11.5 Å². The molecule has 0 saturated heterocycles. The maximum Gasteiger partial charge on any atom is 0.168 e. The molecule has 0 atom stereocenters. The van der Waals surface area contributed by atoms with Crippen molar-refractivity contribution in [2.45, 2.75) is 0 Å². The molecule has 22 heavy (non-hydrogen) atoms. The van der Waals surface area contributed by atoms with Crippen LogP contribution in [-0.4, -0.2) is 14.6 Å². The number of para-hydroxylation sites is 1. The van der Waals surface area contributed by atoms with Crippen LogP contribution in [0, 0.1) is 0 Å². The Hall–Kier alpha value is -3.14. The fraction of sp³-hybridized carbons (Fsp3) is 0. The molecule has 2 aromatic carbocycles. The van der Waals surface area contributed by atoms with Gasteiger partial charge >= 0.3 is 0 Å². The van der Waals surface area contributed by atoms with Gasteiger partial charge in [0, 0.05) is 11.8 Å². The number of hydrogen-bond donors (Lipinski definition) is 0. The highest BCUT2D eigenvalue weighted by atomic mass is 16.5. The molecule has 0 aliphatic carbocycles. The van der Waals surface area contributed by atoms with Gasteiger partial charge in [0.25, 0.3) is 0 Å². The zero-order valence-corrected chi connectivity index (χ0v) is 11.8. The molecule has 0 aliphatic heterocycles. The Morgan fingerprint density at radius 2 is 1.55 bits per heavy atom. The van der Waals surface area contributed by atoms with Gasteiger partial charge in [0.1, 0.15) is 11.5 Å². The third-order valence-corrected chi connectivity index (χ3v) is 3.38. The van der Waals surface area contributed by atoms with Crippen LogP contribution in [0.25, 0.3) is 17.0 Å². The third kappa shape index (κ3) is 2.31. The number of benzene rings is 2. The van der Waals surface area contributed by atoms with Crippen molar-refractivity contribution >= 4 is 5.65 Å². The van der Waals surface area contributed by atoms with Crippen molar-refractivity contribution in [3.8, 4) is 22.9 Å². The summed E-state index contributed by atoms with van der Waals surface area (Å²) in [5, 5.41) is 8.45. The average molecular weight is 287 g/mol. The Morgan fingerprint density at radius 3 is 2.45 bits per heavy atom. The molecule has 0 bridgehead atoms. The van der Waals surface area contributed by atoms with Gasteiger partial charge in [-0.2, -0.15) is 0 Å². The summed E-state index contributed by atoms with van der Waals surface area (Å²) in [5.74, 6) is 2.39. The number of aromatic nitrogens is 3. The normalized spacial score (nSPS) is 10.7. The Labute approximate surface area is 127 Å². The summed E-state index contributed by atoms with van der Waals surface area (Å²) in [7, 11) is 0. The van der Waals surface area contributed by atoms with Crippen LogP contribution in [0.4, 0.5) is 0 Å². The highest BCUT2D eigenvalue weighted by Crippen LogP contribution is 2.26. The molecule has 2 heterocycles. The Bertz CT molecular complexity index is 916. The van der Waals surface area contributed by atoms with Crippen LogP contribution in [0.15, 0.2) is 79.0 Å². The highest BCUT2D eigenvalue weighted by molar-refractivity contribution is 5.61. The fourth-order valence-electron chi connectivity index (χ4n) is 2.36. The molecule has 4 aromatic rings. The van der Waals surface area contributed by atoms with Gasteiger partial charge in [-0.25, -0.2) is 0 Å². The minimum absolute atomic E-state index is 0.774. The van der Waals surface area contributed by atoms with Gasteiger partial charge in [0.15, 0.2) is 11.5 Å². The maximum atomic E-state index is 5.87. The van der Waals surface area contributed by atoms with Crippen molar-refractivity contribution in [1.29, 1.82) is 0 Å². The molecule has 0 fully saturated rings. The molecule has 0 amide bonds. The number of fused-ring (bicyclic) bond motifs is 1. The summed E-state index contributed by atoms with van der Waals surface area (Å²) in [4.78, 5) is 0. The fourth-order valence-corrected chi connectivity index (χ4v) is 2.36. The lowest BCUT2D eigenvalue weighted by atomic mass is 10.2. The largest absolute Gasteiger partial charge is 0.457 e. The molecule has 106 valence electrons. The molecule has 0 unspecified atom stereocenters. The van der Waals surface area contributed by atoms with Crippen LogP contribution in [-0.2, 0) is 0 Å². The zero-order chi connectivity index (χ0) is 14.8. The SMILES string of the molecule is c1ccc(Oc2cccc(-c3nnc4ccccn34)c2)cc1. The van der Waals surface area contributed by atoms with Gasteiger partial charge in [0.05, 0.1) is 0 Å². The zero-order valence-electron chi connectivity index (χ0n) is 11.8. The van der Waals surface area contributed by atoms with Gasteiger partial charge < -0.3 is 4.74 Å². The van der Waals surface area contributed by atoms with E-state index in [-0.39, 0.29) is 0 Å². The maximum absolute atomic E-state index is 5.87. The topological polar surface area (TPSA) is 39.4 Å². The summed E-state index contributed by atoms with van der Waals surface area (Å²) in [6.45, 7) is 0. The van der Waals surface area contributed by atoms with Gasteiger partial charge in [-0.1, -0.05) is 36.4 Å². The molecule has 0 saturated carbocycles. The number of pyridine rings is 1. The van der Waals surface area contributed by atoms with E-state index in [9.17, 15) is 0 Å². The summed E-state index contributed by atoms with van der Waals surface area (Å²) >= 11 is 0. The number of ether oxygens (including phenoxy) is 1. The smallest absolute Gasteiger partial charge is 0.168 e. The van der Waals surface area contributed by atoms with E-state index in [1.54, 1.807) is 0 Å². The van der Waals surface area contributed by atoms with Gasteiger partial charge in [-0.3, -0.25) is 4.40 Å². The van der Waals surface area contributed by atoms with Crippen LogP contribution in [0.2, 0.25) is 0 Å². The van der Waals surface area contributed by atoms with Crippen molar-refractivity contribution in [2.24, 2.45) is 0 Å². The molecule has 4 nitrogen and oxygen atoms in total. The predicted octanol–water partition coefficient (Wildman–Crippen LogP) is 4.19. The Kier molecular flexibility index (Phi) is 3.05. The minimum atomic E-state index is 0.774. The molecule has 0 aliphatic rings. The second kappa shape index (κ2) is 5.33. The summed E-state index contributed by atoms with van der Waals surface area (Å²) in [6.07, 6.45) is 1.95. The van der Waals surface area contributed by atoms with Crippen molar-refractivity contribution < 1.29 is 4.74 Å². The van der Waals surface area contributed by atoms with Crippen molar-refractivity contribution in [1.82, 2.24) is 14.6 Å². The lowest BCUT2D eigenvalue weighted by Crippen LogP contribution is -1.90. The van der Waals surface area contributed by atoms with E-state index in [0.29, 0.717) is 0 Å². The Balaban J connectivity index is 1.73. The quantitative estimate of drug-likeness (QED) is 0.567. The summed E-state index contributed by atoms with van der Waals surface area (Å²) in [6, 6.07) is 23.4. The lowest BCUT2D eigenvalue weighted by Gasteiger charge is -2.07. The highest BCUT2D eigenvalue weighted by Gasteiger charge is 2.08. The van der Waals surface area contributed by atoms with Crippen LogP contribution < -0.4 is 4.74 Å². The van der Waals surface area contributed by atoms with Crippen LogP contribution in [0.1, 0.15) is 0 Å². The predicted molar refractivity (Wildman–Crippen MR) is 84.9 cm³/mol. The Morgan fingerprint density at radius 1 is 0.727 bits per heavy atom. The average Bonchev–Trinajstić information content (AvgIpc) is 3.00. The summed E-state index contributed by atoms with van der Waals surface area (Å²) < 4.78 is 7.83. The van der Waals surface area contributed by atoms with Crippen LogP contribution in [0.3, 0.4) is 0 Å². The lowest BCUT2D eigenvalue weighted by molar-refractivity contribution is 0.483. The van der Waals surface area contributed by atoms with Gasteiger partial charge in [-0.15, -0.1) is 10.2 Å². The van der Waals surface area contributed by atoms with E-state index >= 15 is 0 Å². The number of hydrogen-bond acceptors (Lipinski definition) is 3. The van der Waals surface area contributed by atoms with Crippen molar-refractivity contribution in [3.05, 3.63) is 79.0 Å². The first-order chi connectivity index (χ1) is 10.9. The summed E-state index contributed by atoms with van der Waals surface area (Å²) in [5.41, 5.74) is 1.79. The molecule has 0 spiro atoms. The van der Waals surface area contributed by atoms with Crippen molar-refractivity contribution in [3.63, 3.8) is 0 Å². The van der Waals surface area contributed by atoms with E-state index in [4.69, 9.17) is 4.74 Å². The first kappa shape index (κ1) is 12.6. The molecule has 0 radical (unpaired) electrons. The van der Waals surface area contributed by atoms with Gasteiger partial charge in [-0.05, 0) is 36.4 Å². The van der Waals surface area contributed by atoms with Crippen LogP contribution >= 0.6 is 0 Å². The second-order valence-corrected chi connectivity index (χ2v) is 4.90. The number of rotatable bonds is 3.